The minimum Gasteiger partial charge on any atom is -0.381 e. The molecule has 0 aromatic carbocycles. The molecule has 5 nitrogen and oxygen atoms in total. The molecule has 5 heteroatoms. The largest absolute Gasteiger partial charge is 0.381 e. The highest BCUT2D eigenvalue weighted by Gasteiger charge is 2.56. The summed E-state index contributed by atoms with van der Waals surface area (Å²) in [5.41, 5.74) is -0.551. The lowest BCUT2D eigenvalue weighted by Crippen LogP contribution is -2.70. The maximum absolute atomic E-state index is 13.0. The summed E-state index contributed by atoms with van der Waals surface area (Å²) in [7, 11) is 0. The molecule has 2 aliphatic carbocycles. The fourth-order valence-corrected chi connectivity index (χ4v) is 4.29. The lowest BCUT2D eigenvalue weighted by Gasteiger charge is -2.47. The third kappa shape index (κ3) is 2.17. The fraction of sp³-hybridized carbons (Fsp3) is 0.875. The van der Waals surface area contributed by atoms with Crippen LogP contribution in [0.15, 0.2) is 0 Å². The molecule has 1 N–H and O–H groups in total. The van der Waals surface area contributed by atoms with Crippen molar-refractivity contribution >= 4 is 11.8 Å². The van der Waals surface area contributed by atoms with Crippen molar-refractivity contribution in [3.05, 3.63) is 0 Å². The number of rotatable bonds is 3. The van der Waals surface area contributed by atoms with Crippen LogP contribution in [0.3, 0.4) is 0 Å². The van der Waals surface area contributed by atoms with Crippen molar-refractivity contribution in [1.29, 1.82) is 0 Å². The predicted octanol–water partition coefficient (Wildman–Crippen LogP) is 1.07. The molecule has 21 heavy (non-hydrogen) atoms. The van der Waals surface area contributed by atoms with Gasteiger partial charge in [-0.15, -0.1) is 0 Å². The van der Waals surface area contributed by atoms with Gasteiger partial charge >= 0.3 is 0 Å². The van der Waals surface area contributed by atoms with Gasteiger partial charge in [-0.3, -0.25) is 9.59 Å². The Morgan fingerprint density at radius 2 is 1.95 bits per heavy atom. The number of carbonyl (C=O) groups excluding carboxylic acids is 2. The van der Waals surface area contributed by atoms with Crippen molar-refractivity contribution in [1.82, 2.24) is 10.2 Å². The molecule has 2 aliphatic heterocycles. The van der Waals surface area contributed by atoms with Gasteiger partial charge in [-0.25, -0.2) is 0 Å². The van der Waals surface area contributed by atoms with E-state index in [4.69, 9.17) is 4.74 Å². The average molecular weight is 292 g/mol. The van der Waals surface area contributed by atoms with E-state index in [0.717, 1.165) is 58.2 Å². The molecule has 0 aromatic heterocycles. The Kier molecular flexibility index (Phi) is 3.21. The maximum atomic E-state index is 13.0. The van der Waals surface area contributed by atoms with Crippen molar-refractivity contribution in [2.75, 3.05) is 19.8 Å². The Morgan fingerprint density at radius 3 is 2.57 bits per heavy atom. The first-order valence-electron chi connectivity index (χ1n) is 8.41. The second-order valence-corrected chi connectivity index (χ2v) is 7.21. The second-order valence-electron chi connectivity index (χ2n) is 7.21. The molecular weight excluding hydrogens is 268 g/mol. The van der Waals surface area contributed by atoms with Gasteiger partial charge in [-0.2, -0.15) is 0 Å². The second kappa shape index (κ2) is 4.97. The Labute approximate surface area is 125 Å². The molecule has 4 aliphatic rings. The Morgan fingerprint density at radius 1 is 1.19 bits per heavy atom. The lowest BCUT2D eigenvalue weighted by atomic mass is 9.87. The number of amides is 2. The van der Waals surface area contributed by atoms with E-state index in [1.54, 1.807) is 0 Å². The Hall–Kier alpha value is -1.10. The van der Waals surface area contributed by atoms with Crippen LogP contribution in [0.5, 0.6) is 0 Å². The number of nitrogens with zero attached hydrogens (tertiary/aromatic N) is 1. The molecule has 1 spiro atoms. The summed E-state index contributed by atoms with van der Waals surface area (Å²) in [6.45, 7) is 2.23. The standard InChI is InChI=1S/C16H24N2O3/c19-14-13(12-3-4-12)17-15(20)16(6-1-2-7-16)18(14)9-11-5-8-21-10-11/h11-13H,1-10H2,(H,17,20). The summed E-state index contributed by atoms with van der Waals surface area (Å²) < 4.78 is 5.46. The summed E-state index contributed by atoms with van der Waals surface area (Å²) >= 11 is 0. The number of hydrogen-bond acceptors (Lipinski definition) is 3. The predicted molar refractivity (Wildman–Crippen MR) is 76.5 cm³/mol. The smallest absolute Gasteiger partial charge is 0.246 e. The molecule has 2 saturated heterocycles. The van der Waals surface area contributed by atoms with Crippen LogP contribution in [-0.4, -0.2) is 48.1 Å². The van der Waals surface area contributed by atoms with E-state index in [1.165, 1.54) is 0 Å². The first-order valence-corrected chi connectivity index (χ1v) is 8.41. The normalized spacial score (nSPS) is 35.5. The summed E-state index contributed by atoms with van der Waals surface area (Å²) in [5, 5.41) is 3.05. The number of ether oxygens (including phenoxy) is 1. The van der Waals surface area contributed by atoms with Gasteiger partial charge in [0.25, 0.3) is 0 Å². The van der Waals surface area contributed by atoms with E-state index < -0.39 is 5.54 Å². The van der Waals surface area contributed by atoms with Crippen LogP contribution >= 0.6 is 0 Å². The van der Waals surface area contributed by atoms with Crippen LogP contribution in [0, 0.1) is 11.8 Å². The molecule has 4 rings (SSSR count). The number of hydrogen-bond donors (Lipinski definition) is 1. The Balaban J connectivity index is 1.61. The molecule has 2 atom stereocenters. The van der Waals surface area contributed by atoms with Crippen LogP contribution in [0.4, 0.5) is 0 Å². The third-order valence-electron chi connectivity index (χ3n) is 5.75. The molecule has 2 heterocycles. The molecule has 0 aromatic rings. The van der Waals surface area contributed by atoms with Crippen molar-refractivity contribution in [3.8, 4) is 0 Å². The van der Waals surface area contributed by atoms with E-state index in [9.17, 15) is 9.59 Å². The highest BCUT2D eigenvalue weighted by atomic mass is 16.5. The van der Waals surface area contributed by atoms with Gasteiger partial charge in [0.15, 0.2) is 0 Å². The first-order chi connectivity index (χ1) is 10.2. The molecule has 0 radical (unpaired) electrons. The van der Waals surface area contributed by atoms with Crippen LogP contribution in [0.25, 0.3) is 0 Å². The van der Waals surface area contributed by atoms with E-state index >= 15 is 0 Å². The van der Waals surface area contributed by atoms with E-state index in [0.29, 0.717) is 18.4 Å². The van der Waals surface area contributed by atoms with Crippen LogP contribution in [-0.2, 0) is 14.3 Å². The topological polar surface area (TPSA) is 58.6 Å². The number of nitrogens with one attached hydrogen (secondary N) is 1. The monoisotopic (exact) mass is 292 g/mol. The molecule has 116 valence electrons. The third-order valence-corrected chi connectivity index (χ3v) is 5.75. The Bertz CT molecular complexity index is 448. The minimum atomic E-state index is -0.551. The zero-order valence-electron chi connectivity index (χ0n) is 12.5. The molecule has 2 saturated carbocycles. The van der Waals surface area contributed by atoms with Gasteiger partial charge in [-0.1, -0.05) is 12.8 Å². The van der Waals surface area contributed by atoms with Gasteiger partial charge in [0, 0.05) is 19.1 Å². The zero-order valence-corrected chi connectivity index (χ0v) is 12.5. The van der Waals surface area contributed by atoms with Gasteiger partial charge in [0.05, 0.1) is 6.61 Å². The summed E-state index contributed by atoms with van der Waals surface area (Å²) in [5.74, 6) is 1.06. The minimum absolute atomic E-state index is 0.107. The fourth-order valence-electron chi connectivity index (χ4n) is 4.29. The summed E-state index contributed by atoms with van der Waals surface area (Å²) in [6.07, 6.45) is 6.91. The van der Waals surface area contributed by atoms with E-state index in [2.05, 4.69) is 5.32 Å². The van der Waals surface area contributed by atoms with E-state index in [1.807, 2.05) is 4.90 Å². The molecule has 4 fully saturated rings. The van der Waals surface area contributed by atoms with Gasteiger partial charge in [0.1, 0.15) is 11.6 Å². The van der Waals surface area contributed by atoms with E-state index in [-0.39, 0.29) is 17.9 Å². The first kappa shape index (κ1) is 13.6. The van der Waals surface area contributed by atoms with Crippen LogP contribution in [0.2, 0.25) is 0 Å². The van der Waals surface area contributed by atoms with Crippen molar-refractivity contribution < 1.29 is 14.3 Å². The van der Waals surface area contributed by atoms with Gasteiger partial charge in [-0.05, 0) is 38.0 Å². The molecular formula is C16H24N2O3. The SMILES string of the molecule is O=C1C(C2CC2)NC(=O)C2(CCCC2)N1CC1CCOC1. The average Bonchev–Trinajstić information content (AvgIpc) is 2.99. The lowest BCUT2D eigenvalue weighted by molar-refractivity contribution is -0.159. The number of carbonyl (C=O) groups is 2. The maximum Gasteiger partial charge on any atom is 0.246 e. The molecule has 0 bridgehead atoms. The van der Waals surface area contributed by atoms with Gasteiger partial charge < -0.3 is 15.0 Å². The van der Waals surface area contributed by atoms with Crippen LogP contribution in [0.1, 0.15) is 44.9 Å². The highest BCUT2D eigenvalue weighted by molar-refractivity contribution is 6.00. The van der Waals surface area contributed by atoms with Gasteiger partial charge in [0.2, 0.25) is 11.8 Å². The van der Waals surface area contributed by atoms with Crippen LogP contribution < -0.4 is 5.32 Å². The van der Waals surface area contributed by atoms with Crippen molar-refractivity contribution in [3.63, 3.8) is 0 Å². The zero-order chi connectivity index (χ0) is 14.4. The van der Waals surface area contributed by atoms with Crippen molar-refractivity contribution in [2.24, 2.45) is 11.8 Å². The number of piperazine rings is 1. The quantitative estimate of drug-likeness (QED) is 0.846. The highest BCUT2D eigenvalue weighted by Crippen LogP contribution is 2.43. The summed E-state index contributed by atoms with van der Waals surface area (Å²) in [4.78, 5) is 27.7. The molecule has 2 amide bonds. The summed E-state index contributed by atoms with van der Waals surface area (Å²) in [6, 6.07) is -0.258. The van der Waals surface area contributed by atoms with Crippen molar-refractivity contribution in [2.45, 2.75) is 56.5 Å². The molecule has 2 unspecified atom stereocenters.